The Bertz CT molecular complexity index is 1120. The molecule has 13 heteroatoms. The molecule has 0 amide bonds. The van der Waals surface area contributed by atoms with Crippen molar-refractivity contribution in [2.75, 3.05) is 5.32 Å². The van der Waals surface area contributed by atoms with Gasteiger partial charge in [-0.3, -0.25) is 0 Å². The van der Waals surface area contributed by atoms with E-state index in [4.69, 9.17) is 11.6 Å². The molecule has 1 N–H and O–H groups in total. The molecule has 28 heavy (non-hydrogen) atoms. The summed E-state index contributed by atoms with van der Waals surface area (Å²) in [6.45, 7) is 1.76. The second kappa shape index (κ2) is 6.71. The average Bonchev–Trinajstić information content (AvgIpc) is 3.28. The molecular formula is C15H11ClF3N9. The van der Waals surface area contributed by atoms with Crippen LogP contribution in [0.25, 0.3) is 11.6 Å². The molecule has 0 radical (unpaired) electrons. The Balaban J connectivity index is 1.64. The molecule has 4 rings (SSSR count). The van der Waals surface area contributed by atoms with E-state index in [1.54, 1.807) is 25.4 Å². The molecule has 9 nitrogen and oxygen atoms in total. The molecule has 1 atom stereocenters. The predicted octanol–water partition coefficient (Wildman–Crippen LogP) is 2.95. The summed E-state index contributed by atoms with van der Waals surface area (Å²) in [6, 6.07) is 2.02. The molecule has 0 aliphatic heterocycles. The van der Waals surface area contributed by atoms with Crippen LogP contribution in [0.4, 0.5) is 19.1 Å². The van der Waals surface area contributed by atoms with Crippen molar-refractivity contribution in [2.45, 2.75) is 19.1 Å². The highest BCUT2D eigenvalue weighted by atomic mass is 35.5. The van der Waals surface area contributed by atoms with Gasteiger partial charge in [-0.1, -0.05) is 11.6 Å². The van der Waals surface area contributed by atoms with Gasteiger partial charge in [0.25, 0.3) is 5.95 Å². The van der Waals surface area contributed by atoms with E-state index < -0.39 is 17.8 Å². The summed E-state index contributed by atoms with van der Waals surface area (Å²) < 4.78 is 41.2. The van der Waals surface area contributed by atoms with Gasteiger partial charge in [0.15, 0.2) is 11.5 Å². The van der Waals surface area contributed by atoms with Crippen molar-refractivity contribution in [3.8, 4) is 5.95 Å². The van der Waals surface area contributed by atoms with Gasteiger partial charge in [0.1, 0.15) is 6.33 Å². The van der Waals surface area contributed by atoms with Gasteiger partial charge in [-0.2, -0.15) is 27.9 Å². The van der Waals surface area contributed by atoms with Crippen molar-refractivity contribution in [3.63, 3.8) is 0 Å². The van der Waals surface area contributed by atoms with E-state index in [9.17, 15) is 13.2 Å². The minimum absolute atomic E-state index is 0.0808. The lowest BCUT2D eigenvalue weighted by molar-refractivity contribution is -0.137. The van der Waals surface area contributed by atoms with E-state index in [-0.39, 0.29) is 16.6 Å². The van der Waals surface area contributed by atoms with Crippen LogP contribution in [0.1, 0.15) is 24.4 Å². The Hall–Kier alpha value is -3.28. The van der Waals surface area contributed by atoms with Gasteiger partial charge in [-0.15, -0.1) is 5.10 Å². The van der Waals surface area contributed by atoms with E-state index in [0.717, 1.165) is 16.8 Å². The number of halogens is 4. The van der Waals surface area contributed by atoms with Gasteiger partial charge in [-0.05, 0) is 19.1 Å². The van der Waals surface area contributed by atoms with Crippen molar-refractivity contribution >= 4 is 23.2 Å². The standard InChI is InChI=1S/C15H11ClF3N9/c1-8(11-22-7-23-28(11)14-20-3-2-4-21-14)24-13-25-12-10(16)5-9(15(17,18)19)6-27(12)26-13/h2-8H,1H3,(H,24,26)/t8-/m0/s1. The average molecular weight is 410 g/mol. The van der Waals surface area contributed by atoms with Crippen LogP contribution in [-0.2, 0) is 6.18 Å². The first-order valence-corrected chi connectivity index (χ1v) is 8.27. The van der Waals surface area contributed by atoms with Gasteiger partial charge in [0.05, 0.1) is 16.6 Å². The molecule has 0 aliphatic rings. The molecule has 0 bridgehead atoms. The summed E-state index contributed by atoms with van der Waals surface area (Å²) in [5.74, 6) is 0.869. The SMILES string of the molecule is C[C@H](Nc1nc2c(Cl)cc(C(F)(F)F)cn2n1)c1ncnn1-c1ncccn1. The van der Waals surface area contributed by atoms with Crippen LogP contribution in [0.15, 0.2) is 37.1 Å². The Kier molecular flexibility index (Phi) is 4.34. The fraction of sp³-hybridized carbons (Fsp3) is 0.200. The smallest absolute Gasteiger partial charge is 0.343 e. The van der Waals surface area contributed by atoms with E-state index in [2.05, 4.69) is 35.5 Å². The van der Waals surface area contributed by atoms with Crippen LogP contribution in [0.3, 0.4) is 0 Å². The molecular weight excluding hydrogens is 399 g/mol. The normalized spacial score (nSPS) is 13.0. The third-order valence-electron chi connectivity index (χ3n) is 3.76. The zero-order chi connectivity index (χ0) is 19.9. The Morgan fingerprint density at radius 2 is 1.93 bits per heavy atom. The maximum absolute atomic E-state index is 12.9. The van der Waals surface area contributed by atoms with Gasteiger partial charge in [0.2, 0.25) is 5.95 Å². The molecule has 0 aromatic carbocycles. The van der Waals surface area contributed by atoms with Gasteiger partial charge < -0.3 is 5.32 Å². The quantitative estimate of drug-likeness (QED) is 0.553. The van der Waals surface area contributed by atoms with Crippen molar-refractivity contribution in [1.29, 1.82) is 0 Å². The lowest BCUT2D eigenvalue weighted by atomic mass is 10.3. The summed E-state index contributed by atoms with van der Waals surface area (Å²) >= 11 is 5.93. The summed E-state index contributed by atoms with van der Waals surface area (Å²) in [6.07, 6.45) is 0.750. The summed E-state index contributed by atoms with van der Waals surface area (Å²) in [5.41, 5.74) is -0.826. The fourth-order valence-corrected chi connectivity index (χ4v) is 2.77. The van der Waals surface area contributed by atoms with Gasteiger partial charge in [0, 0.05) is 18.6 Å². The first kappa shape index (κ1) is 18.1. The largest absolute Gasteiger partial charge is 0.417 e. The lowest BCUT2D eigenvalue weighted by Crippen LogP contribution is -2.16. The number of nitrogens with one attached hydrogen (secondary N) is 1. The monoisotopic (exact) mass is 409 g/mol. The third kappa shape index (κ3) is 3.33. The minimum atomic E-state index is -4.54. The number of alkyl halides is 3. The number of aromatic nitrogens is 8. The molecule has 0 fully saturated rings. The number of hydrogen-bond acceptors (Lipinski definition) is 7. The highest BCUT2D eigenvalue weighted by Crippen LogP contribution is 2.32. The molecule has 0 saturated carbocycles. The van der Waals surface area contributed by atoms with Crippen LogP contribution in [-0.4, -0.2) is 39.3 Å². The number of anilines is 1. The minimum Gasteiger partial charge on any atom is -0.343 e. The number of rotatable bonds is 4. The first-order valence-electron chi connectivity index (χ1n) is 7.90. The van der Waals surface area contributed by atoms with E-state index >= 15 is 0 Å². The molecule has 0 spiro atoms. The van der Waals surface area contributed by atoms with Gasteiger partial charge in [-0.25, -0.2) is 19.5 Å². The topological polar surface area (TPSA) is 98.7 Å². The summed E-state index contributed by atoms with van der Waals surface area (Å²) in [5, 5.41) is 10.9. The van der Waals surface area contributed by atoms with E-state index in [1.807, 2.05) is 0 Å². The maximum Gasteiger partial charge on any atom is 0.417 e. The van der Waals surface area contributed by atoms with Crippen LogP contribution in [0.2, 0.25) is 5.02 Å². The third-order valence-corrected chi connectivity index (χ3v) is 4.04. The van der Waals surface area contributed by atoms with E-state index in [0.29, 0.717) is 11.8 Å². The van der Waals surface area contributed by atoms with Crippen molar-refractivity contribution < 1.29 is 13.2 Å². The second-order valence-corrected chi connectivity index (χ2v) is 6.13. The molecule has 0 saturated heterocycles. The number of fused-ring (bicyclic) bond motifs is 1. The number of nitrogens with zero attached hydrogens (tertiary/aromatic N) is 8. The Morgan fingerprint density at radius 3 is 2.64 bits per heavy atom. The fourth-order valence-electron chi connectivity index (χ4n) is 2.52. The van der Waals surface area contributed by atoms with Crippen molar-refractivity contribution in [3.05, 3.63) is 53.5 Å². The first-order chi connectivity index (χ1) is 13.3. The van der Waals surface area contributed by atoms with Gasteiger partial charge >= 0.3 is 6.18 Å². The number of hydrogen-bond donors (Lipinski definition) is 1. The zero-order valence-corrected chi connectivity index (χ0v) is 14.9. The molecule has 4 aromatic heterocycles. The molecule has 0 aliphatic carbocycles. The zero-order valence-electron chi connectivity index (χ0n) is 14.1. The number of pyridine rings is 1. The van der Waals surface area contributed by atoms with Crippen LogP contribution < -0.4 is 5.32 Å². The molecule has 4 aromatic rings. The Morgan fingerprint density at radius 1 is 1.18 bits per heavy atom. The van der Waals surface area contributed by atoms with Crippen LogP contribution in [0, 0.1) is 0 Å². The lowest BCUT2D eigenvalue weighted by Gasteiger charge is -2.12. The molecule has 4 heterocycles. The molecule has 144 valence electrons. The van der Waals surface area contributed by atoms with Crippen LogP contribution in [0.5, 0.6) is 0 Å². The summed E-state index contributed by atoms with van der Waals surface area (Å²) in [4.78, 5) is 16.5. The second-order valence-electron chi connectivity index (χ2n) is 5.72. The Labute approximate surface area is 160 Å². The highest BCUT2D eigenvalue weighted by molar-refractivity contribution is 6.33. The molecule has 0 unspecified atom stereocenters. The van der Waals surface area contributed by atoms with Crippen molar-refractivity contribution in [1.82, 2.24) is 39.3 Å². The predicted molar refractivity (Wildman–Crippen MR) is 92.0 cm³/mol. The maximum atomic E-state index is 12.9. The van der Waals surface area contributed by atoms with E-state index in [1.165, 1.54) is 11.0 Å². The van der Waals surface area contributed by atoms with Crippen molar-refractivity contribution in [2.24, 2.45) is 0 Å². The summed E-state index contributed by atoms with van der Waals surface area (Å²) in [7, 11) is 0. The highest BCUT2D eigenvalue weighted by Gasteiger charge is 2.32. The van der Waals surface area contributed by atoms with Crippen LogP contribution >= 0.6 is 11.6 Å².